The maximum Gasteiger partial charge on any atom is 0.416 e. The molecule has 0 saturated carbocycles. The fourth-order valence-corrected chi connectivity index (χ4v) is 4.07. The standard InChI is InChI=1S/C23H19ClF3N3O4/c1-14-16(3-2-4-17(14)24)20-7-8-21(34-20)22(31)29-11-9-28(10-12-29)18-6-5-15(23(25,26)27)13-19(18)30(32)33/h2-8,13H,9-12H2,1H3. The molecular weight excluding hydrogens is 475 g/mol. The SMILES string of the molecule is Cc1c(Cl)cccc1-c1ccc(C(=O)N2CCN(c3ccc(C(F)(F)F)cc3[N+](=O)[O-])CC2)o1. The van der Waals surface area contributed by atoms with Crippen LogP contribution in [0.2, 0.25) is 5.02 Å². The molecule has 0 spiro atoms. The van der Waals surface area contributed by atoms with E-state index in [1.807, 2.05) is 13.0 Å². The molecule has 2 heterocycles. The largest absolute Gasteiger partial charge is 0.451 e. The molecule has 11 heteroatoms. The first-order valence-corrected chi connectivity index (χ1v) is 10.7. The lowest BCUT2D eigenvalue weighted by molar-refractivity contribution is -0.384. The number of carbonyl (C=O) groups excluding carboxylic acids is 1. The molecule has 1 amide bonds. The van der Waals surface area contributed by atoms with Crippen molar-refractivity contribution in [2.75, 3.05) is 31.1 Å². The molecule has 3 aromatic rings. The first kappa shape index (κ1) is 23.6. The number of anilines is 1. The Morgan fingerprint density at radius 2 is 1.79 bits per heavy atom. The van der Waals surface area contributed by atoms with Gasteiger partial charge in [0.25, 0.3) is 11.6 Å². The number of nitro groups is 1. The van der Waals surface area contributed by atoms with Gasteiger partial charge in [0.1, 0.15) is 11.4 Å². The van der Waals surface area contributed by atoms with Crippen LogP contribution in [0.5, 0.6) is 0 Å². The van der Waals surface area contributed by atoms with E-state index in [9.17, 15) is 28.1 Å². The van der Waals surface area contributed by atoms with Gasteiger partial charge in [0, 0.05) is 42.8 Å². The van der Waals surface area contributed by atoms with Crippen LogP contribution in [0.4, 0.5) is 24.5 Å². The van der Waals surface area contributed by atoms with Gasteiger partial charge in [-0.1, -0.05) is 23.7 Å². The Morgan fingerprint density at radius 3 is 2.44 bits per heavy atom. The third-order valence-corrected chi connectivity index (χ3v) is 6.17. The van der Waals surface area contributed by atoms with Crippen LogP contribution in [-0.4, -0.2) is 41.9 Å². The molecule has 34 heavy (non-hydrogen) atoms. The number of hydrogen-bond donors (Lipinski definition) is 0. The molecule has 0 radical (unpaired) electrons. The van der Waals surface area contributed by atoms with E-state index in [2.05, 4.69) is 0 Å². The zero-order chi connectivity index (χ0) is 24.6. The van der Waals surface area contributed by atoms with E-state index in [0.717, 1.165) is 23.3 Å². The lowest BCUT2D eigenvalue weighted by atomic mass is 10.1. The number of alkyl halides is 3. The van der Waals surface area contributed by atoms with Crippen molar-refractivity contribution in [3.8, 4) is 11.3 Å². The number of hydrogen-bond acceptors (Lipinski definition) is 5. The summed E-state index contributed by atoms with van der Waals surface area (Å²) in [5.41, 5.74) is -0.0282. The van der Waals surface area contributed by atoms with E-state index >= 15 is 0 Å². The fourth-order valence-electron chi connectivity index (χ4n) is 3.89. The molecule has 1 aromatic heterocycles. The average molecular weight is 494 g/mol. The number of carbonyl (C=O) groups is 1. The highest BCUT2D eigenvalue weighted by atomic mass is 35.5. The number of halogens is 4. The summed E-state index contributed by atoms with van der Waals surface area (Å²) >= 11 is 6.16. The Bertz CT molecular complexity index is 1250. The highest BCUT2D eigenvalue weighted by molar-refractivity contribution is 6.31. The number of piperazine rings is 1. The second-order valence-corrected chi connectivity index (χ2v) is 8.22. The van der Waals surface area contributed by atoms with E-state index in [4.69, 9.17) is 16.0 Å². The van der Waals surface area contributed by atoms with Gasteiger partial charge in [0.15, 0.2) is 5.76 Å². The van der Waals surface area contributed by atoms with E-state index in [1.54, 1.807) is 34.1 Å². The highest BCUT2D eigenvalue weighted by Gasteiger charge is 2.34. The molecule has 0 bridgehead atoms. The molecule has 4 rings (SSSR count). The Morgan fingerprint density at radius 1 is 1.09 bits per heavy atom. The zero-order valence-corrected chi connectivity index (χ0v) is 18.7. The van der Waals surface area contributed by atoms with Crippen LogP contribution in [0.1, 0.15) is 21.7 Å². The van der Waals surface area contributed by atoms with Gasteiger partial charge in [-0.05, 0) is 42.8 Å². The van der Waals surface area contributed by atoms with E-state index in [0.29, 0.717) is 16.8 Å². The summed E-state index contributed by atoms with van der Waals surface area (Å²) in [4.78, 5) is 26.6. The van der Waals surface area contributed by atoms with Crippen molar-refractivity contribution >= 4 is 28.9 Å². The lowest BCUT2D eigenvalue weighted by Gasteiger charge is -2.35. The van der Waals surface area contributed by atoms with Crippen LogP contribution in [0.3, 0.4) is 0 Å². The topological polar surface area (TPSA) is 79.8 Å². The molecule has 0 aliphatic carbocycles. The predicted octanol–water partition coefficient (Wildman–Crippen LogP) is 5.80. The van der Waals surface area contributed by atoms with Crippen molar-refractivity contribution < 1.29 is 27.3 Å². The second kappa shape index (κ2) is 9.02. The maximum absolute atomic E-state index is 13.0. The summed E-state index contributed by atoms with van der Waals surface area (Å²) in [6.45, 7) is 2.74. The van der Waals surface area contributed by atoms with Gasteiger partial charge in [0.05, 0.1) is 10.5 Å². The predicted molar refractivity (Wildman–Crippen MR) is 120 cm³/mol. The number of benzene rings is 2. The van der Waals surface area contributed by atoms with Crippen LogP contribution >= 0.6 is 11.6 Å². The molecule has 0 atom stereocenters. The van der Waals surface area contributed by atoms with Crippen molar-refractivity contribution in [2.24, 2.45) is 0 Å². The van der Waals surface area contributed by atoms with Crippen molar-refractivity contribution in [1.82, 2.24) is 4.90 Å². The summed E-state index contributed by atoms with van der Waals surface area (Å²) in [6.07, 6.45) is -4.68. The number of furan rings is 1. The number of amides is 1. The third kappa shape index (κ3) is 4.58. The normalized spacial score (nSPS) is 14.4. The molecule has 7 nitrogen and oxygen atoms in total. The van der Waals surface area contributed by atoms with E-state index < -0.39 is 22.4 Å². The Hall–Kier alpha value is -3.53. The first-order valence-electron chi connectivity index (χ1n) is 10.3. The van der Waals surface area contributed by atoms with Crippen LogP contribution < -0.4 is 4.90 Å². The van der Waals surface area contributed by atoms with Gasteiger partial charge in [-0.25, -0.2) is 0 Å². The zero-order valence-electron chi connectivity index (χ0n) is 17.9. The van der Waals surface area contributed by atoms with Crippen molar-refractivity contribution in [1.29, 1.82) is 0 Å². The Labute approximate surface area is 197 Å². The van der Waals surface area contributed by atoms with Gasteiger partial charge in [0.2, 0.25) is 0 Å². The van der Waals surface area contributed by atoms with Crippen molar-refractivity contribution in [2.45, 2.75) is 13.1 Å². The van der Waals surface area contributed by atoms with Gasteiger partial charge < -0.3 is 14.2 Å². The van der Waals surface area contributed by atoms with Gasteiger partial charge in [-0.3, -0.25) is 14.9 Å². The number of nitro benzene ring substituents is 1. The number of nitrogens with zero attached hydrogens (tertiary/aromatic N) is 3. The summed E-state index contributed by atoms with van der Waals surface area (Å²) in [5, 5.41) is 12.0. The molecule has 2 aromatic carbocycles. The number of rotatable bonds is 4. The smallest absolute Gasteiger partial charge is 0.416 e. The molecule has 0 N–H and O–H groups in total. The minimum atomic E-state index is -4.68. The molecule has 178 valence electrons. The quantitative estimate of drug-likeness (QED) is 0.339. The molecular formula is C23H19ClF3N3O4. The summed E-state index contributed by atoms with van der Waals surface area (Å²) < 4.78 is 44.7. The molecule has 1 saturated heterocycles. The van der Waals surface area contributed by atoms with Crippen LogP contribution in [-0.2, 0) is 6.18 Å². The third-order valence-electron chi connectivity index (χ3n) is 5.76. The molecule has 1 aliphatic heterocycles. The summed E-state index contributed by atoms with van der Waals surface area (Å²) in [6, 6.07) is 11.1. The monoisotopic (exact) mass is 493 g/mol. The molecule has 1 aliphatic rings. The Balaban J connectivity index is 1.48. The maximum atomic E-state index is 13.0. The van der Waals surface area contributed by atoms with Crippen LogP contribution in [0.15, 0.2) is 52.9 Å². The Kier molecular flexibility index (Phi) is 6.26. The minimum absolute atomic E-state index is 0.0850. The van der Waals surface area contributed by atoms with E-state index in [1.165, 1.54) is 0 Å². The average Bonchev–Trinajstić information content (AvgIpc) is 3.29. The second-order valence-electron chi connectivity index (χ2n) is 7.81. The van der Waals surface area contributed by atoms with Crippen molar-refractivity contribution in [3.05, 3.63) is 80.6 Å². The summed E-state index contributed by atoms with van der Waals surface area (Å²) in [7, 11) is 0. The van der Waals surface area contributed by atoms with Gasteiger partial charge >= 0.3 is 6.18 Å². The van der Waals surface area contributed by atoms with Crippen LogP contribution in [0.25, 0.3) is 11.3 Å². The minimum Gasteiger partial charge on any atom is -0.451 e. The first-order chi connectivity index (χ1) is 16.1. The fraction of sp³-hybridized carbons (Fsp3) is 0.261. The molecule has 1 fully saturated rings. The molecule has 0 unspecified atom stereocenters. The van der Waals surface area contributed by atoms with E-state index in [-0.39, 0.29) is 43.5 Å². The van der Waals surface area contributed by atoms with Crippen LogP contribution in [0, 0.1) is 17.0 Å². The summed E-state index contributed by atoms with van der Waals surface area (Å²) in [5.74, 6) is 0.304. The highest BCUT2D eigenvalue weighted by Crippen LogP contribution is 2.37. The van der Waals surface area contributed by atoms with Crippen molar-refractivity contribution in [3.63, 3.8) is 0 Å². The van der Waals surface area contributed by atoms with Gasteiger partial charge in [-0.2, -0.15) is 13.2 Å². The lowest BCUT2D eigenvalue weighted by Crippen LogP contribution is -2.48. The van der Waals surface area contributed by atoms with Gasteiger partial charge in [-0.15, -0.1) is 0 Å².